The molecule has 92 valence electrons. The van der Waals surface area contributed by atoms with E-state index in [1.807, 2.05) is 0 Å². The molecule has 0 spiro atoms. The summed E-state index contributed by atoms with van der Waals surface area (Å²) in [5, 5.41) is 11.6. The normalized spacial score (nSPS) is 10.0. The Morgan fingerprint density at radius 3 is 2.71 bits per heavy atom. The van der Waals surface area contributed by atoms with Crippen LogP contribution in [0.4, 0.5) is 5.69 Å². The molecular formula is C11H13BrN2O3. The van der Waals surface area contributed by atoms with Crippen molar-refractivity contribution >= 4 is 33.5 Å². The molecule has 0 aliphatic heterocycles. The van der Waals surface area contributed by atoms with Crippen LogP contribution >= 0.6 is 15.9 Å². The quantitative estimate of drug-likeness (QED) is 0.773. The van der Waals surface area contributed by atoms with E-state index >= 15 is 0 Å². The van der Waals surface area contributed by atoms with Gasteiger partial charge in [0.1, 0.15) is 0 Å². The molecule has 0 atom stereocenters. The zero-order valence-electron chi connectivity index (χ0n) is 9.07. The molecule has 1 amide bonds. The van der Waals surface area contributed by atoms with Crippen molar-refractivity contribution in [3.05, 3.63) is 28.2 Å². The average molecular weight is 301 g/mol. The van der Waals surface area contributed by atoms with Crippen LogP contribution in [0.1, 0.15) is 23.2 Å². The zero-order valence-corrected chi connectivity index (χ0v) is 10.7. The number of hydrogen-bond acceptors (Lipinski definition) is 3. The number of carbonyl (C=O) groups is 2. The molecular weight excluding hydrogens is 288 g/mol. The van der Waals surface area contributed by atoms with Gasteiger partial charge in [-0.3, -0.25) is 4.79 Å². The highest BCUT2D eigenvalue weighted by molar-refractivity contribution is 9.10. The Morgan fingerprint density at radius 1 is 1.41 bits per heavy atom. The maximum Gasteiger partial charge on any atom is 0.337 e. The highest BCUT2D eigenvalue weighted by Gasteiger charge is 2.14. The van der Waals surface area contributed by atoms with Crippen molar-refractivity contribution in [1.29, 1.82) is 0 Å². The first kappa shape index (κ1) is 13.7. The van der Waals surface area contributed by atoms with Gasteiger partial charge in [-0.15, -0.1) is 0 Å². The summed E-state index contributed by atoms with van der Waals surface area (Å²) >= 11 is 3.21. The molecule has 0 unspecified atom stereocenters. The van der Waals surface area contributed by atoms with Gasteiger partial charge in [0.15, 0.2) is 0 Å². The fourth-order valence-electron chi connectivity index (χ4n) is 1.29. The van der Waals surface area contributed by atoms with Crippen LogP contribution in [0.2, 0.25) is 0 Å². The van der Waals surface area contributed by atoms with Crippen molar-refractivity contribution in [3.63, 3.8) is 0 Å². The second-order valence-electron chi connectivity index (χ2n) is 3.41. The van der Waals surface area contributed by atoms with Gasteiger partial charge in [0.05, 0.1) is 11.3 Å². The molecule has 1 rings (SSSR count). The molecule has 1 aromatic rings. The minimum absolute atomic E-state index is 0.0560. The number of hydrogen-bond donors (Lipinski definition) is 3. The maximum absolute atomic E-state index is 11.5. The Morgan fingerprint density at radius 2 is 2.12 bits per heavy atom. The van der Waals surface area contributed by atoms with Crippen LogP contribution in [0.5, 0.6) is 0 Å². The van der Waals surface area contributed by atoms with E-state index in [-0.39, 0.29) is 23.6 Å². The van der Waals surface area contributed by atoms with Gasteiger partial charge in [-0.05, 0) is 41.0 Å². The molecule has 4 N–H and O–H groups in total. The second kappa shape index (κ2) is 6.36. The number of nitrogens with two attached hydrogens (primary N) is 1. The van der Waals surface area contributed by atoms with Gasteiger partial charge in [-0.25, -0.2) is 4.79 Å². The first-order valence-corrected chi connectivity index (χ1v) is 5.87. The van der Waals surface area contributed by atoms with Crippen LogP contribution in [0, 0.1) is 0 Å². The SMILES string of the molecule is NCCCC(=O)Nc1c(Br)cccc1C(=O)O. The summed E-state index contributed by atoms with van der Waals surface area (Å²) in [5.74, 6) is -1.33. The van der Waals surface area contributed by atoms with Gasteiger partial charge in [-0.1, -0.05) is 6.07 Å². The lowest BCUT2D eigenvalue weighted by atomic mass is 10.1. The first-order valence-electron chi connectivity index (χ1n) is 5.08. The molecule has 0 aliphatic rings. The average Bonchev–Trinajstić information content (AvgIpc) is 2.28. The van der Waals surface area contributed by atoms with E-state index in [1.54, 1.807) is 12.1 Å². The van der Waals surface area contributed by atoms with Crippen LogP contribution in [0.3, 0.4) is 0 Å². The number of halogens is 1. The largest absolute Gasteiger partial charge is 0.478 e. The lowest BCUT2D eigenvalue weighted by Crippen LogP contribution is -2.16. The molecule has 0 heterocycles. The van der Waals surface area contributed by atoms with Gasteiger partial charge in [0.2, 0.25) is 5.91 Å². The van der Waals surface area contributed by atoms with Gasteiger partial charge in [0, 0.05) is 10.9 Å². The molecule has 0 aromatic heterocycles. The third-order valence-electron chi connectivity index (χ3n) is 2.12. The first-order chi connectivity index (χ1) is 8.06. The topological polar surface area (TPSA) is 92.4 Å². The molecule has 5 nitrogen and oxygen atoms in total. The third kappa shape index (κ3) is 3.83. The summed E-state index contributed by atoms with van der Waals surface area (Å²) in [7, 11) is 0. The van der Waals surface area contributed by atoms with E-state index in [0.717, 1.165) is 0 Å². The van der Waals surface area contributed by atoms with E-state index in [4.69, 9.17) is 10.8 Å². The molecule has 17 heavy (non-hydrogen) atoms. The Labute approximate surface area is 107 Å². The van der Waals surface area contributed by atoms with E-state index in [9.17, 15) is 9.59 Å². The van der Waals surface area contributed by atoms with Gasteiger partial charge >= 0.3 is 5.97 Å². The number of para-hydroxylation sites is 1. The van der Waals surface area contributed by atoms with Crippen molar-refractivity contribution in [2.24, 2.45) is 5.73 Å². The molecule has 0 saturated carbocycles. The Hall–Kier alpha value is -1.40. The summed E-state index contributed by atoms with van der Waals surface area (Å²) < 4.78 is 0.540. The summed E-state index contributed by atoms with van der Waals surface area (Å²) in [6, 6.07) is 4.71. The predicted molar refractivity (Wildman–Crippen MR) is 68.0 cm³/mol. The van der Waals surface area contributed by atoms with Gasteiger partial charge in [0.25, 0.3) is 0 Å². The van der Waals surface area contributed by atoms with E-state index < -0.39 is 5.97 Å². The van der Waals surface area contributed by atoms with Crippen LogP contribution in [-0.4, -0.2) is 23.5 Å². The minimum Gasteiger partial charge on any atom is -0.478 e. The number of benzene rings is 1. The molecule has 0 fully saturated rings. The smallest absolute Gasteiger partial charge is 0.337 e. The molecule has 0 radical (unpaired) electrons. The van der Waals surface area contributed by atoms with Gasteiger partial charge < -0.3 is 16.2 Å². The van der Waals surface area contributed by atoms with E-state index in [1.165, 1.54) is 6.07 Å². The minimum atomic E-state index is -1.08. The Bertz CT molecular complexity index is 435. The fourth-order valence-corrected chi connectivity index (χ4v) is 1.76. The fraction of sp³-hybridized carbons (Fsp3) is 0.273. The number of rotatable bonds is 5. The number of nitrogens with one attached hydrogen (secondary N) is 1. The molecule has 6 heteroatoms. The number of carboxylic acid groups (broad SMARTS) is 1. The van der Waals surface area contributed by atoms with E-state index in [0.29, 0.717) is 17.4 Å². The summed E-state index contributed by atoms with van der Waals surface area (Å²) in [4.78, 5) is 22.5. The number of amides is 1. The van der Waals surface area contributed by atoms with Crippen molar-refractivity contribution in [3.8, 4) is 0 Å². The van der Waals surface area contributed by atoms with Crippen molar-refractivity contribution in [1.82, 2.24) is 0 Å². The van der Waals surface area contributed by atoms with E-state index in [2.05, 4.69) is 21.2 Å². The molecule has 0 bridgehead atoms. The second-order valence-corrected chi connectivity index (χ2v) is 4.26. The predicted octanol–water partition coefficient (Wildman–Crippen LogP) is 1.82. The number of carboxylic acids is 1. The summed E-state index contributed by atoms with van der Waals surface area (Å²) in [5.41, 5.74) is 5.63. The van der Waals surface area contributed by atoms with Crippen molar-refractivity contribution < 1.29 is 14.7 Å². The lowest BCUT2D eigenvalue weighted by molar-refractivity contribution is -0.116. The standard InChI is InChI=1S/C11H13BrN2O3/c12-8-4-1-3-7(11(16)17)10(8)14-9(15)5-2-6-13/h1,3-4H,2,5-6,13H2,(H,14,15)(H,16,17). The number of anilines is 1. The van der Waals surface area contributed by atoms with Crippen LogP contribution in [-0.2, 0) is 4.79 Å². The third-order valence-corrected chi connectivity index (χ3v) is 2.78. The molecule has 0 saturated heterocycles. The maximum atomic E-state index is 11.5. The van der Waals surface area contributed by atoms with Crippen molar-refractivity contribution in [2.45, 2.75) is 12.8 Å². The highest BCUT2D eigenvalue weighted by atomic mass is 79.9. The highest BCUT2D eigenvalue weighted by Crippen LogP contribution is 2.26. The van der Waals surface area contributed by atoms with Gasteiger partial charge in [-0.2, -0.15) is 0 Å². The summed E-state index contributed by atoms with van der Waals surface area (Å²) in [6.45, 7) is 0.426. The Kier molecular flexibility index (Phi) is 5.11. The zero-order chi connectivity index (χ0) is 12.8. The lowest BCUT2D eigenvalue weighted by Gasteiger charge is -2.10. The van der Waals surface area contributed by atoms with Crippen LogP contribution in [0.25, 0.3) is 0 Å². The van der Waals surface area contributed by atoms with Crippen LogP contribution < -0.4 is 11.1 Å². The number of aromatic carboxylic acids is 1. The van der Waals surface area contributed by atoms with Crippen molar-refractivity contribution in [2.75, 3.05) is 11.9 Å². The Balaban J connectivity index is 2.89. The molecule has 0 aliphatic carbocycles. The summed E-state index contributed by atoms with van der Waals surface area (Å²) in [6.07, 6.45) is 0.843. The van der Waals surface area contributed by atoms with Crippen LogP contribution in [0.15, 0.2) is 22.7 Å². The number of carbonyl (C=O) groups excluding carboxylic acids is 1. The monoisotopic (exact) mass is 300 g/mol. The molecule has 1 aromatic carbocycles.